The summed E-state index contributed by atoms with van der Waals surface area (Å²) in [6.45, 7) is 7.84. The number of benzene rings is 1. The van der Waals surface area contributed by atoms with Crippen molar-refractivity contribution in [2.24, 2.45) is 0 Å². The zero-order valence-corrected chi connectivity index (χ0v) is 11.6. The van der Waals surface area contributed by atoms with Crippen LogP contribution < -0.4 is 5.32 Å². The average molecular weight is 244 g/mol. The molecule has 0 bridgehead atoms. The van der Waals surface area contributed by atoms with E-state index in [0.717, 1.165) is 19.6 Å². The van der Waals surface area contributed by atoms with Gasteiger partial charge in [-0.15, -0.1) is 0 Å². The van der Waals surface area contributed by atoms with Gasteiger partial charge in [0, 0.05) is 17.8 Å². The van der Waals surface area contributed by atoms with E-state index in [1.165, 1.54) is 35.9 Å². The molecule has 0 atom stereocenters. The SMILES string of the molecule is CCCNCCCCn1c(C)cc2ccccc21. The van der Waals surface area contributed by atoms with Gasteiger partial charge in [-0.25, -0.2) is 0 Å². The van der Waals surface area contributed by atoms with Gasteiger partial charge in [0.2, 0.25) is 0 Å². The van der Waals surface area contributed by atoms with Crippen molar-refractivity contribution < 1.29 is 0 Å². The minimum Gasteiger partial charge on any atom is -0.345 e. The van der Waals surface area contributed by atoms with Gasteiger partial charge in [0.15, 0.2) is 0 Å². The minimum absolute atomic E-state index is 1.13. The van der Waals surface area contributed by atoms with Gasteiger partial charge in [-0.3, -0.25) is 0 Å². The van der Waals surface area contributed by atoms with Gasteiger partial charge in [0.25, 0.3) is 0 Å². The molecule has 98 valence electrons. The van der Waals surface area contributed by atoms with Gasteiger partial charge in [-0.05, 0) is 56.8 Å². The first-order valence-electron chi connectivity index (χ1n) is 7.08. The smallest absolute Gasteiger partial charge is 0.0482 e. The zero-order chi connectivity index (χ0) is 12.8. The summed E-state index contributed by atoms with van der Waals surface area (Å²) >= 11 is 0. The number of fused-ring (bicyclic) bond motifs is 1. The second-order valence-electron chi connectivity index (χ2n) is 4.95. The molecule has 18 heavy (non-hydrogen) atoms. The normalized spacial score (nSPS) is 11.2. The highest BCUT2D eigenvalue weighted by atomic mass is 15.0. The number of aryl methyl sites for hydroxylation is 2. The fourth-order valence-electron chi connectivity index (χ4n) is 2.47. The molecule has 0 spiro atoms. The van der Waals surface area contributed by atoms with Crippen LogP contribution in [0.2, 0.25) is 0 Å². The first-order chi connectivity index (χ1) is 8.83. The first kappa shape index (κ1) is 13.2. The van der Waals surface area contributed by atoms with Crippen LogP contribution >= 0.6 is 0 Å². The molecule has 0 unspecified atom stereocenters. The van der Waals surface area contributed by atoms with Crippen LogP contribution in [0.25, 0.3) is 10.9 Å². The summed E-state index contributed by atoms with van der Waals surface area (Å²) in [4.78, 5) is 0. The van der Waals surface area contributed by atoms with Crippen LogP contribution in [0.5, 0.6) is 0 Å². The second-order valence-corrected chi connectivity index (χ2v) is 4.95. The van der Waals surface area contributed by atoms with Crippen molar-refractivity contribution in [3.05, 3.63) is 36.0 Å². The lowest BCUT2D eigenvalue weighted by Gasteiger charge is -2.08. The molecule has 2 heteroatoms. The minimum atomic E-state index is 1.13. The highest BCUT2D eigenvalue weighted by molar-refractivity contribution is 5.81. The Balaban J connectivity index is 1.89. The number of aromatic nitrogens is 1. The Morgan fingerprint density at radius 2 is 1.94 bits per heavy atom. The predicted octanol–water partition coefficient (Wildman–Crippen LogP) is 3.73. The summed E-state index contributed by atoms with van der Waals surface area (Å²) in [6.07, 6.45) is 3.73. The van der Waals surface area contributed by atoms with Crippen molar-refractivity contribution in [1.82, 2.24) is 9.88 Å². The zero-order valence-electron chi connectivity index (χ0n) is 11.6. The van der Waals surface area contributed by atoms with E-state index in [0.29, 0.717) is 0 Å². The third kappa shape index (κ3) is 3.14. The molecule has 1 aromatic heterocycles. The molecule has 2 rings (SSSR count). The first-order valence-corrected chi connectivity index (χ1v) is 7.08. The van der Waals surface area contributed by atoms with Gasteiger partial charge in [-0.2, -0.15) is 0 Å². The molecule has 1 N–H and O–H groups in total. The lowest BCUT2D eigenvalue weighted by atomic mass is 10.2. The highest BCUT2D eigenvalue weighted by Crippen LogP contribution is 2.19. The van der Waals surface area contributed by atoms with E-state index in [9.17, 15) is 0 Å². The van der Waals surface area contributed by atoms with Crippen LogP contribution in [-0.4, -0.2) is 17.7 Å². The third-order valence-electron chi connectivity index (χ3n) is 3.43. The molecule has 2 aromatic rings. The molecule has 0 aliphatic rings. The molecule has 0 saturated carbocycles. The van der Waals surface area contributed by atoms with E-state index in [1.54, 1.807) is 0 Å². The number of nitrogens with zero attached hydrogens (tertiary/aromatic N) is 1. The number of unbranched alkanes of at least 4 members (excludes halogenated alkanes) is 1. The highest BCUT2D eigenvalue weighted by Gasteiger charge is 2.03. The van der Waals surface area contributed by atoms with Crippen molar-refractivity contribution in [3.8, 4) is 0 Å². The van der Waals surface area contributed by atoms with Crippen LogP contribution in [0.1, 0.15) is 31.9 Å². The Kier molecular flexibility index (Phi) is 4.82. The molecular formula is C16H24N2. The maximum absolute atomic E-state index is 3.46. The monoisotopic (exact) mass is 244 g/mol. The van der Waals surface area contributed by atoms with Crippen LogP contribution in [0.3, 0.4) is 0 Å². The second kappa shape index (κ2) is 6.60. The molecule has 2 nitrogen and oxygen atoms in total. The quantitative estimate of drug-likeness (QED) is 0.734. The molecule has 0 aliphatic carbocycles. The summed E-state index contributed by atoms with van der Waals surface area (Å²) < 4.78 is 2.44. The van der Waals surface area contributed by atoms with Crippen molar-refractivity contribution >= 4 is 10.9 Å². The molecule has 0 fully saturated rings. The lowest BCUT2D eigenvalue weighted by Crippen LogP contribution is -2.16. The van der Waals surface area contributed by atoms with Gasteiger partial charge >= 0.3 is 0 Å². The molecule has 0 amide bonds. The van der Waals surface area contributed by atoms with Gasteiger partial charge in [-0.1, -0.05) is 25.1 Å². The van der Waals surface area contributed by atoms with Gasteiger partial charge in [0.05, 0.1) is 0 Å². The predicted molar refractivity (Wildman–Crippen MR) is 79.1 cm³/mol. The Morgan fingerprint density at radius 1 is 1.11 bits per heavy atom. The van der Waals surface area contributed by atoms with E-state index >= 15 is 0 Å². The summed E-state index contributed by atoms with van der Waals surface area (Å²) in [5.41, 5.74) is 2.74. The summed E-state index contributed by atoms with van der Waals surface area (Å²) in [7, 11) is 0. The molecular weight excluding hydrogens is 220 g/mol. The van der Waals surface area contributed by atoms with Crippen LogP contribution in [-0.2, 0) is 6.54 Å². The number of para-hydroxylation sites is 1. The Morgan fingerprint density at radius 3 is 2.78 bits per heavy atom. The topological polar surface area (TPSA) is 17.0 Å². The van der Waals surface area contributed by atoms with E-state index in [-0.39, 0.29) is 0 Å². The molecule has 1 heterocycles. The van der Waals surface area contributed by atoms with Gasteiger partial charge < -0.3 is 9.88 Å². The van der Waals surface area contributed by atoms with Crippen molar-refractivity contribution in [1.29, 1.82) is 0 Å². The molecule has 0 saturated heterocycles. The van der Waals surface area contributed by atoms with Crippen LogP contribution in [0.4, 0.5) is 0 Å². The number of hydrogen-bond donors (Lipinski definition) is 1. The molecule has 1 aromatic carbocycles. The Bertz CT molecular complexity index is 485. The standard InChI is InChI=1S/C16H24N2/c1-3-10-17-11-6-7-12-18-14(2)13-15-8-4-5-9-16(15)18/h4-5,8-9,13,17H,3,6-7,10-12H2,1-2H3. The maximum Gasteiger partial charge on any atom is 0.0482 e. The molecule has 0 aliphatic heterocycles. The van der Waals surface area contributed by atoms with Crippen LogP contribution in [0.15, 0.2) is 30.3 Å². The van der Waals surface area contributed by atoms with Gasteiger partial charge in [0.1, 0.15) is 0 Å². The number of nitrogens with one attached hydrogen (secondary N) is 1. The maximum atomic E-state index is 3.46. The van der Waals surface area contributed by atoms with E-state index in [2.05, 4.69) is 54.1 Å². The fraction of sp³-hybridized carbons (Fsp3) is 0.500. The van der Waals surface area contributed by atoms with E-state index in [1.807, 2.05) is 0 Å². The summed E-state index contributed by atoms with van der Waals surface area (Å²) in [6, 6.07) is 10.9. The van der Waals surface area contributed by atoms with E-state index in [4.69, 9.17) is 0 Å². The Labute approximate surface area is 110 Å². The number of hydrogen-bond acceptors (Lipinski definition) is 1. The van der Waals surface area contributed by atoms with Crippen LogP contribution in [0, 0.1) is 6.92 Å². The largest absolute Gasteiger partial charge is 0.345 e. The summed E-state index contributed by atoms with van der Waals surface area (Å²) in [5.74, 6) is 0. The lowest BCUT2D eigenvalue weighted by molar-refractivity contribution is 0.570. The van der Waals surface area contributed by atoms with E-state index < -0.39 is 0 Å². The fourth-order valence-corrected chi connectivity index (χ4v) is 2.47. The number of rotatable bonds is 7. The molecule has 0 radical (unpaired) electrons. The average Bonchev–Trinajstić information content (AvgIpc) is 2.70. The van der Waals surface area contributed by atoms with Crippen molar-refractivity contribution in [2.45, 2.75) is 39.7 Å². The third-order valence-corrected chi connectivity index (χ3v) is 3.43. The summed E-state index contributed by atoms with van der Waals surface area (Å²) in [5, 5.41) is 4.82. The van der Waals surface area contributed by atoms with Crippen molar-refractivity contribution in [2.75, 3.05) is 13.1 Å². The van der Waals surface area contributed by atoms with Crippen molar-refractivity contribution in [3.63, 3.8) is 0 Å². The Hall–Kier alpha value is -1.28.